The lowest BCUT2D eigenvalue weighted by molar-refractivity contribution is -0.136. The summed E-state index contributed by atoms with van der Waals surface area (Å²) in [6.07, 6.45) is 3.42. The van der Waals surface area contributed by atoms with Gasteiger partial charge in [-0.05, 0) is 37.1 Å². The SMILES string of the molecule is COCC(=O)N1CCC(Oc2ccc(C(=O)N3CCC[C@H]3CO)cc2)CC1. The number of benzene rings is 1. The standard InChI is InChI=1S/C20H28N2O5/c1-26-14-19(24)21-11-8-18(9-12-21)27-17-6-4-15(5-7-17)20(25)22-10-2-3-16(22)13-23/h4-7,16,18,23H,2-3,8-14H2,1H3/t16-/m0/s1. The molecule has 27 heavy (non-hydrogen) atoms. The van der Waals surface area contributed by atoms with Crippen molar-refractivity contribution in [3.63, 3.8) is 0 Å². The molecule has 1 N–H and O–H groups in total. The van der Waals surface area contributed by atoms with Crippen LogP contribution < -0.4 is 4.74 Å². The van der Waals surface area contributed by atoms with Crippen molar-refractivity contribution >= 4 is 11.8 Å². The molecule has 0 spiro atoms. The van der Waals surface area contributed by atoms with E-state index in [1.165, 1.54) is 7.11 Å². The maximum atomic E-state index is 12.6. The molecule has 1 aromatic rings. The Bertz CT molecular complexity index is 640. The summed E-state index contributed by atoms with van der Waals surface area (Å²) < 4.78 is 10.9. The Kier molecular flexibility index (Phi) is 6.68. The molecule has 2 aliphatic rings. The molecule has 0 aliphatic carbocycles. The van der Waals surface area contributed by atoms with Crippen LogP contribution in [0.25, 0.3) is 0 Å². The minimum Gasteiger partial charge on any atom is -0.490 e. The third-order valence-corrected chi connectivity index (χ3v) is 5.32. The molecule has 0 radical (unpaired) electrons. The molecule has 2 aliphatic heterocycles. The van der Waals surface area contributed by atoms with E-state index < -0.39 is 0 Å². The van der Waals surface area contributed by atoms with Crippen molar-refractivity contribution in [3.05, 3.63) is 29.8 Å². The monoisotopic (exact) mass is 376 g/mol. The van der Waals surface area contributed by atoms with Gasteiger partial charge in [0, 0.05) is 45.1 Å². The van der Waals surface area contributed by atoms with Crippen molar-refractivity contribution < 1.29 is 24.2 Å². The van der Waals surface area contributed by atoms with Gasteiger partial charge in [0.25, 0.3) is 5.91 Å². The molecule has 148 valence electrons. The number of aliphatic hydroxyl groups is 1. The van der Waals surface area contributed by atoms with E-state index in [-0.39, 0.29) is 37.2 Å². The zero-order valence-electron chi connectivity index (χ0n) is 15.8. The second kappa shape index (κ2) is 9.19. The number of aliphatic hydroxyl groups excluding tert-OH is 1. The molecule has 7 nitrogen and oxygen atoms in total. The lowest BCUT2D eigenvalue weighted by Gasteiger charge is -2.32. The summed E-state index contributed by atoms with van der Waals surface area (Å²) in [5.74, 6) is 0.707. The predicted octanol–water partition coefficient (Wildman–Crippen LogP) is 1.30. The van der Waals surface area contributed by atoms with Crippen LogP contribution in [-0.2, 0) is 9.53 Å². The lowest BCUT2D eigenvalue weighted by atomic mass is 10.1. The lowest BCUT2D eigenvalue weighted by Crippen LogP contribution is -2.43. The smallest absolute Gasteiger partial charge is 0.254 e. The van der Waals surface area contributed by atoms with Crippen LogP contribution in [0.3, 0.4) is 0 Å². The summed E-state index contributed by atoms with van der Waals surface area (Å²) in [4.78, 5) is 28.0. The number of nitrogens with zero attached hydrogens (tertiary/aromatic N) is 2. The number of amides is 2. The number of hydrogen-bond acceptors (Lipinski definition) is 5. The van der Waals surface area contributed by atoms with E-state index in [0.717, 1.165) is 31.4 Å². The number of likely N-dealkylation sites (tertiary alicyclic amines) is 2. The summed E-state index contributed by atoms with van der Waals surface area (Å²) >= 11 is 0. The van der Waals surface area contributed by atoms with Gasteiger partial charge in [0.05, 0.1) is 12.6 Å². The molecule has 2 fully saturated rings. The first-order chi connectivity index (χ1) is 13.1. The Balaban J connectivity index is 1.51. The van der Waals surface area contributed by atoms with Crippen molar-refractivity contribution in [2.45, 2.75) is 37.8 Å². The number of ether oxygens (including phenoxy) is 2. The molecule has 1 atom stereocenters. The number of carbonyl (C=O) groups excluding carboxylic acids is 2. The van der Waals surface area contributed by atoms with Gasteiger partial charge < -0.3 is 24.4 Å². The van der Waals surface area contributed by atoms with Gasteiger partial charge in [0.1, 0.15) is 18.5 Å². The molecule has 2 heterocycles. The largest absolute Gasteiger partial charge is 0.490 e. The highest BCUT2D eigenvalue weighted by molar-refractivity contribution is 5.94. The van der Waals surface area contributed by atoms with E-state index in [0.29, 0.717) is 25.2 Å². The second-order valence-electron chi connectivity index (χ2n) is 7.13. The highest BCUT2D eigenvalue weighted by Gasteiger charge is 2.29. The maximum absolute atomic E-state index is 12.6. The van der Waals surface area contributed by atoms with E-state index in [4.69, 9.17) is 9.47 Å². The van der Waals surface area contributed by atoms with Crippen LogP contribution in [0, 0.1) is 0 Å². The summed E-state index contributed by atoms with van der Waals surface area (Å²) in [6, 6.07) is 7.13. The van der Waals surface area contributed by atoms with Gasteiger partial charge in [-0.15, -0.1) is 0 Å². The van der Waals surface area contributed by atoms with Gasteiger partial charge in [-0.2, -0.15) is 0 Å². The molecule has 0 unspecified atom stereocenters. The van der Waals surface area contributed by atoms with Crippen LogP contribution in [-0.4, -0.2) is 78.8 Å². The molecule has 0 saturated carbocycles. The highest BCUT2D eigenvalue weighted by Crippen LogP contribution is 2.23. The first-order valence-corrected chi connectivity index (χ1v) is 9.57. The zero-order valence-corrected chi connectivity index (χ0v) is 15.8. The molecule has 2 saturated heterocycles. The van der Waals surface area contributed by atoms with E-state index >= 15 is 0 Å². The van der Waals surface area contributed by atoms with Crippen molar-refractivity contribution in [3.8, 4) is 5.75 Å². The number of rotatable bonds is 6. The Morgan fingerprint density at radius 1 is 1.11 bits per heavy atom. The Labute approximate surface area is 159 Å². The number of carbonyl (C=O) groups is 2. The Hall–Kier alpha value is -2.12. The molecule has 0 aromatic heterocycles. The van der Waals surface area contributed by atoms with Crippen LogP contribution in [0.4, 0.5) is 0 Å². The van der Waals surface area contributed by atoms with Crippen LogP contribution in [0.5, 0.6) is 5.75 Å². The van der Waals surface area contributed by atoms with Crippen molar-refractivity contribution in [1.29, 1.82) is 0 Å². The number of methoxy groups -OCH3 is 1. The van der Waals surface area contributed by atoms with E-state index in [1.54, 1.807) is 21.9 Å². The molecule has 2 amide bonds. The summed E-state index contributed by atoms with van der Waals surface area (Å²) in [6.45, 7) is 2.16. The molecular formula is C20H28N2O5. The van der Waals surface area contributed by atoms with Gasteiger partial charge in [0.2, 0.25) is 5.91 Å². The quantitative estimate of drug-likeness (QED) is 0.810. The highest BCUT2D eigenvalue weighted by atomic mass is 16.5. The molecular weight excluding hydrogens is 348 g/mol. The van der Waals surface area contributed by atoms with Crippen LogP contribution >= 0.6 is 0 Å². The minimum atomic E-state index is -0.0700. The van der Waals surface area contributed by atoms with E-state index in [2.05, 4.69) is 0 Å². The van der Waals surface area contributed by atoms with Crippen molar-refractivity contribution in [2.75, 3.05) is 40.0 Å². The maximum Gasteiger partial charge on any atom is 0.254 e. The van der Waals surface area contributed by atoms with E-state index in [1.807, 2.05) is 12.1 Å². The van der Waals surface area contributed by atoms with Gasteiger partial charge in [-0.3, -0.25) is 9.59 Å². The van der Waals surface area contributed by atoms with Gasteiger partial charge in [-0.25, -0.2) is 0 Å². The Morgan fingerprint density at radius 2 is 1.81 bits per heavy atom. The fourth-order valence-corrected chi connectivity index (χ4v) is 3.77. The van der Waals surface area contributed by atoms with Crippen LogP contribution in [0.2, 0.25) is 0 Å². The summed E-state index contributed by atoms with van der Waals surface area (Å²) in [5.41, 5.74) is 0.614. The summed E-state index contributed by atoms with van der Waals surface area (Å²) in [5, 5.41) is 9.40. The third-order valence-electron chi connectivity index (χ3n) is 5.32. The van der Waals surface area contributed by atoms with Crippen LogP contribution in [0.1, 0.15) is 36.0 Å². The fraction of sp³-hybridized carbons (Fsp3) is 0.600. The first-order valence-electron chi connectivity index (χ1n) is 9.57. The first kappa shape index (κ1) is 19.6. The second-order valence-corrected chi connectivity index (χ2v) is 7.13. The predicted molar refractivity (Wildman–Crippen MR) is 99.7 cm³/mol. The summed E-state index contributed by atoms with van der Waals surface area (Å²) in [7, 11) is 1.52. The number of piperidine rings is 1. The average Bonchev–Trinajstić information content (AvgIpc) is 3.17. The molecule has 3 rings (SSSR count). The average molecular weight is 376 g/mol. The normalized spacial score (nSPS) is 20.7. The van der Waals surface area contributed by atoms with Crippen LogP contribution in [0.15, 0.2) is 24.3 Å². The topological polar surface area (TPSA) is 79.3 Å². The number of hydrogen-bond donors (Lipinski definition) is 1. The fourth-order valence-electron chi connectivity index (χ4n) is 3.77. The minimum absolute atomic E-state index is 0.0124. The van der Waals surface area contributed by atoms with Crippen molar-refractivity contribution in [2.24, 2.45) is 0 Å². The molecule has 1 aromatic carbocycles. The van der Waals surface area contributed by atoms with Gasteiger partial charge >= 0.3 is 0 Å². The van der Waals surface area contributed by atoms with Crippen molar-refractivity contribution in [1.82, 2.24) is 9.80 Å². The molecule has 7 heteroatoms. The molecule has 0 bridgehead atoms. The van der Waals surface area contributed by atoms with Gasteiger partial charge in [-0.1, -0.05) is 0 Å². The Morgan fingerprint density at radius 3 is 2.44 bits per heavy atom. The van der Waals surface area contributed by atoms with Gasteiger partial charge in [0.15, 0.2) is 0 Å². The zero-order chi connectivity index (χ0) is 19.2. The third kappa shape index (κ3) is 4.78. The van der Waals surface area contributed by atoms with E-state index in [9.17, 15) is 14.7 Å².